The summed E-state index contributed by atoms with van der Waals surface area (Å²) in [6.45, 7) is 1.48. The molecule has 1 rings (SSSR count). The molecular weight excluding hydrogens is 305 g/mol. The molecule has 0 saturated carbocycles. The molecule has 0 fully saturated rings. The van der Waals surface area contributed by atoms with Gasteiger partial charge in [0.1, 0.15) is 6.04 Å². The molecule has 0 aliphatic rings. The standard InChI is InChI=1S/C12H15ClFN3O4/c1-5(11(18)15-2)16-12(19)7-9(21-4)8(20-3)6(14)10(13)17-7/h5H,1-4H3,(H,15,18)(H,16,19). The second-order valence-corrected chi connectivity index (χ2v) is 4.30. The van der Waals surface area contributed by atoms with E-state index in [2.05, 4.69) is 15.6 Å². The van der Waals surface area contributed by atoms with E-state index in [1.165, 1.54) is 28.2 Å². The van der Waals surface area contributed by atoms with Gasteiger partial charge in [0, 0.05) is 7.05 Å². The van der Waals surface area contributed by atoms with Crippen molar-refractivity contribution in [1.82, 2.24) is 15.6 Å². The second kappa shape index (κ2) is 7.07. The fourth-order valence-electron chi connectivity index (χ4n) is 1.57. The molecule has 0 spiro atoms. The Hall–Kier alpha value is -2.09. The number of pyridine rings is 1. The van der Waals surface area contributed by atoms with E-state index in [4.69, 9.17) is 21.1 Å². The van der Waals surface area contributed by atoms with Crippen LogP contribution in [0.15, 0.2) is 0 Å². The molecule has 1 atom stereocenters. The average Bonchev–Trinajstić information content (AvgIpc) is 2.47. The Morgan fingerprint density at radius 3 is 2.33 bits per heavy atom. The number of amides is 2. The Balaban J connectivity index is 3.21. The summed E-state index contributed by atoms with van der Waals surface area (Å²) in [6.07, 6.45) is 0. The van der Waals surface area contributed by atoms with Crippen LogP contribution in [-0.4, -0.2) is 44.1 Å². The third-order valence-corrected chi connectivity index (χ3v) is 2.87. The maximum absolute atomic E-state index is 13.7. The quantitative estimate of drug-likeness (QED) is 0.782. The highest BCUT2D eigenvalue weighted by atomic mass is 35.5. The lowest BCUT2D eigenvalue weighted by atomic mass is 10.2. The van der Waals surface area contributed by atoms with Crippen molar-refractivity contribution in [3.8, 4) is 11.5 Å². The van der Waals surface area contributed by atoms with Crippen LogP contribution in [0.25, 0.3) is 0 Å². The van der Waals surface area contributed by atoms with Crippen molar-refractivity contribution in [1.29, 1.82) is 0 Å². The first-order chi connectivity index (χ1) is 9.87. The van der Waals surface area contributed by atoms with Gasteiger partial charge in [-0.25, -0.2) is 4.98 Å². The molecule has 116 valence electrons. The van der Waals surface area contributed by atoms with Crippen molar-refractivity contribution >= 4 is 23.4 Å². The number of hydrogen-bond acceptors (Lipinski definition) is 5. The second-order valence-electron chi connectivity index (χ2n) is 3.94. The van der Waals surface area contributed by atoms with E-state index >= 15 is 0 Å². The molecule has 9 heteroatoms. The van der Waals surface area contributed by atoms with Crippen LogP contribution in [0.3, 0.4) is 0 Å². The summed E-state index contributed by atoms with van der Waals surface area (Å²) >= 11 is 5.62. The molecule has 0 aromatic carbocycles. The van der Waals surface area contributed by atoms with Crippen molar-refractivity contribution < 1.29 is 23.5 Å². The molecule has 0 aliphatic heterocycles. The maximum atomic E-state index is 13.7. The number of rotatable bonds is 5. The molecular formula is C12H15ClFN3O4. The Morgan fingerprint density at radius 1 is 1.29 bits per heavy atom. The van der Waals surface area contributed by atoms with E-state index in [9.17, 15) is 14.0 Å². The molecule has 2 N–H and O–H groups in total. The lowest BCUT2D eigenvalue weighted by Crippen LogP contribution is -2.43. The molecule has 2 amide bonds. The van der Waals surface area contributed by atoms with Crippen LogP contribution in [0.1, 0.15) is 17.4 Å². The lowest BCUT2D eigenvalue weighted by molar-refractivity contribution is -0.122. The first kappa shape index (κ1) is 17.0. The lowest BCUT2D eigenvalue weighted by Gasteiger charge is -2.15. The highest BCUT2D eigenvalue weighted by Gasteiger charge is 2.26. The number of nitrogens with zero attached hydrogens (tertiary/aromatic N) is 1. The van der Waals surface area contributed by atoms with E-state index < -0.39 is 28.8 Å². The molecule has 0 radical (unpaired) electrons. The van der Waals surface area contributed by atoms with Gasteiger partial charge in [0.2, 0.25) is 17.5 Å². The Labute approximate surface area is 125 Å². The molecule has 1 heterocycles. The molecule has 1 aromatic heterocycles. The SMILES string of the molecule is CNC(=O)C(C)NC(=O)c1nc(Cl)c(F)c(OC)c1OC. The summed E-state index contributed by atoms with van der Waals surface area (Å²) in [5.41, 5.74) is -0.281. The molecule has 0 aliphatic carbocycles. The number of carbonyl (C=O) groups is 2. The molecule has 0 bridgehead atoms. The first-order valence-corrected chi connectivity index (χ1v) is 6.24. The van der Waals surface area contributed by atoms with Crippen molar-refractivity contribution in [2.75, 3.05) is 21.3 Å². The summed E-state index contributed by atoms with van der Waals surface area (Å²) in [4.78, 5) is 27.1. The largest absolute Gasteiger partial charge is 0.491 e. The van der Waals surface area contributed by atoms with Crippen molar-refractivity contribution in [2.45, 2.75) is 13.0 Å². The minimum atomic E-state index is -0.938. The summed E-state index contributed by atoms with van der Waals surface area (Å²) in [5.74, 6) is -2.63. The van der Waals surface area contributed by atoms with Crippen LogP contribution >= 0.6 is 11.6 Å². The van der Waals surface area contributed by atoms with Crippen LogP contribution in [0.5, 0.6) is 11.5 Å². The maximum Gasteiger partial charge on any atom is 0.274 e. The Kier molecular flexibility index (Phi) is 5.71. The predicted octanol–water partition coefficient (Wildman–Crippen LogP) is 0.756. The predicted molar refractivity (Wildman–Crippen MR) is 73.3 cm³/mol. The number of ether oxygens (including phenoxy) is 2. The van der Waals surface area contributed by atoms with Gasteiger partial charge in [-0.15, -0.1) is 0 Å². The number of likely N-dealkylation sites (N-methyl/N-ethyl adjacent to an activating group) is 1. The summed E-state index contributed by atoms with van der Waals surface area (Å²) < 4.78 is 23.5. The van der Waals surface area contributed by atoms with Gasteiger partial charge in [-0.3, -0.25) is 9.59 Å². The third-order valence-electron chi connectivity index (χ3n) is 2.62. The van der Waals surface area contributed by atoms with Gasteiger partial charge in [-0.05, 0) is 6.92 Å². The zero-order chi connectivity index (χ0) is 16.2. The van der Waals surface area contributed by atoms with Crippen LogP contribution in [-0.2, 0) is 4.79 Å². The van der Waals surface area contributed by atoms with Crippen molar-refractivity contribution in [2.24, 2.45) is 0 Å². The topological polar surface area (TPSA) is 89.6 Å². The van der Waals surface area contributed by atoms with Crippen LogP contribution < -0.4 is 20.1 Å². The summed E-state index contributed by atoms with van der Waals surface area (Å²) in [5, 5.41) is 4.23. The van der Waals surface area contributed by atoms with Gasteiger partial charge < -0.3 is 20.1 Å². The molecule has 1 unspecified atom stereocenters. The van der Waals surface area contributed by atoms with Gasteiger partial charge in [0.25, 0.3) is 5.91 Å². The van der Waals surface area contributed by atoms with Crippen molar-refractivity contribution in [3.05, 3.63) is 16.7 Å². The molecule has 21 heavy (non-hydrogen) atoms. The number of methoxy groups -OCH3 is 2. The van der Waals surface area contributed by atoms with Gasteiger partial charge in [-0.2, -0.15) is 4.39 Å². The zero-order valence-corrected chi connectivity index (χ0v) is 12.7. The van der Waals surface area contributed by atoms with Crippen LogP contribution in [0, 0.1) is 5.82 Å². The van der Waals surface area contributed by atoms with Gasteiger partial charge in [0.15, 0.2) is 16.6 Å². The average molecular weight is 320 g/mol. The smallest absolute Gasteiger partial charge is 0.274 e. The van der Waals surface area contributed by atoms with Crippen LogP contribution in [0.2, 0.25) is 5.15 Å². The fraction of sp³-hybridized carbons (Fsp3) is 0.417. The Morgan fingerprint density at radius 2 is 1.86 bits per heavy atom. The normalized spacial score (nSPS) is 11.5. The van der Waals surface area contributed by atoms with E-state index in [0.717, 1.165) is 0 Å². The number of nitrogens with one attached hydrogen (secondary N) is 2. The van der Waals surface area contributed by atoms with E-state index in [0.29, 0.717) is 0 Å². The van der Waals surface area contributed by atoms with Gasteiger partial charge in [-0.1, -0.05) is 11.6 Å². The fourth-order valence-corrected chi connectivity index (χ4v) is 1.74. The highest BCUT2D eigenvalue weighted by molar-refractivity contribution is 6.30. The highest BCUT2D eigenvalue weighted by Crippen LogP contribution is 2.35. The van der Waals surface area contributed by atoms with Gasteiger partial charge >= 0.3 is 0 Å². The molecule has 1 aromatic rings. The zero-order valence-electron chi connectivity index (χ0n) is 11.9. The number of halogens is 2. The molecule has 0 saturated heterocycles. The third kappa shape index (κ3) is 3.52. The minimum Gasteiger partial charge on any atom is -0.491 e. The summed E-state index contributed by atoms with van der Waals surface area (Å²) in [6, 6.07) is -0.816. The minimum absolute atomic E-state index is 0.207. The van der Waals surface area contributed by atoms with E-state index in [1.54, 1.807) is 0 Å². The van der Waals surface area contributed by atoms with E-state index in [-0.39, 0.29) is 17.2 Å². The van der Waals surface area contributed by atoms with Crippen molar-refractivity contribution in [3.63, 3.8) is 0 Å². The monoisotopic (exact) mass is 319 g/mol. The number of carbonyl (C=O) groups excluding carboxylic acids is 2. The van der Waals surface area contributed by atoms with Gasteiger partial charge in [0.05, 0.1) is 14.2 Å². The molecule has 7 nitrogen and oxygen atoms in total. The summed E-state index contributed by atoms with van der Waals surface area (Å²) in [7, 11) is 3.86. The first-order valence-electron chi connectivity index (χ1n) is 5.86. The van der Waals surface area contributed by atoms with Crippen LogP contribution in [0.4, 0.5) is 4.39 Å². The van der Waals surface area contributed by atoms with E-state index in [1.807, 2.05) is 0 Å². The Bertz CT molecular complexity index is 568. The number of hydrogen-bond donors (Lipinski definition) is 2. The number of aromatic nitrogens is 1.